The van der Waals surface area contributed by atoms with Gasteiger partial charge in [0, 0.05) is 19.8 Å². The number of hydrogen-bond donors (Lipinski definition) is 2. The Morgan fingerprint density at radius 3 is 2.71 bits per heavy atom. The second kappa shape index (κ2) is 6.28. The van der Waals surface area contributed by atoms with Gasteiger partial charge in [-0.15, -0.1) is 0 Å². The minimum atomic E-state index is -3.60. The van der Waals surface area contributed by atoms with Crippen molar-refractivity contribution in [2.75, 3.05) is 11.3 Å². The molecule has 1 heterocycles. The van der Waals surface area contributed by atoms with E-state index in [9.17, 15) is 8.42 Å². The first-order chi connectivity index (χ1) is 9.92. The van der Waals surface area contributed by atoms with E-state index in [2.05, 4.69) is 15.1 Å². The summed E-state index contributed by atoms with van der Waals surface area (Å²) >= 11 is 0. The molecule has 0 aliphatic heterocycles. The lowest BCUT2D eigenvalue weighted by molar-refractivity contribution is 0.601. The van der Waals surface area contributed by atoms with Crippen LogP contribution in [0.15, 0.2) is 35.4 Å². The molecule has 0 aliphatic rings. The molecule has 0 amide bonds. The van der Waals surface area contributed by atoms with Gasteiger partial charge in [0.05, 0.1) is 16.3 Å². The lowest BCUT2D eigenvalue weighted by Crippen LogP contribution is -2.15. The van der Waals surface area contributed by atoms with Crippen LogP contribution in [0.3, 0.4) is 0 Å². The number of anilines is 1. The first-order valence-corrected chi connectivity index (χ1v) is 8.23. The SMILES string of the molecule is CCNCc1cccc(S(=O)(=O)Nc2cn(C)nc2C)c1. The quantitative estimate of drug-likeness (QED) is 0.850. The molecule has 2 N–H and O–H groups in total. The predicted octanol–water partition coefficient (Wildman–Crippen LogP) is 1.64. The first kappa shape index (κ1) is 15.5. The van der Waals surface area contributed by atoms with Crippen LogP contribution < -0.4 is 10.0 Å². The Morgan fingerprint density at radius 1 is 1.33 bits per heavy atom. The van der Waals surface area contributed by atoms with Crippen LogP contribution >= 0.6 is 0 Å². The summed E-state index contributed by atoms with van der Waals surface area (Å²) in [5.41, 5.74) is 2.07. The van der Waals surface area contributed by atoms with Crippen molar-refractivity contribution in [3.63, 3.8) is 0 Å². The summed E-state index contributed by atoms with van der Waals surface area (Å²) in [5, 5.41) is 7.30. The van der Waals surface area contributed by atoms with Crippen molar-refractivity contribution in [3.05, 3.63) is 41.7 Å². The van der Waals surface area contributed by atoms with E-state index in [0.717, 1.165) is 12.1 Å². The highest BCUT2D eigenvalue weighted by Crippen LogP contribution is 2.19. The third-order valence-corrected chi connectivity index (χ3v) is 4.41. The van der Waals surface area contributed by atoms with Crippen LogP contribution in [0.5, 0.6) is 0 Å². The number of sulfonamides is 1. The van der Waals surface area contributed by atoms with E-state index >= 15 is 0 Å². The van der Waals surface area contributed by atoms with Crippen molar-refractivity contribution in [2.24, 2.45) is 7.05 Å². The highest BCUT2D eigenvalue weighted by molar-refractivity contribution is 7.92. The van der Waals surface area contributed by atoms with E-state index in [-0.39, 0.29) is 4.90 Å². The number of benzene rings is 1. The van der Waals surface area contributed by atoms with Gasteiger partial charge in [0.25, 0.3) is 10.0 Å². The molecule has 2 rings (SSSR count). The second-order valence-electron chi connectivity index (χ2n) is 4.84. The maximum absolute atomic E-state index is 12.4. The summed E-state index contributed by atoms with van der Waals surface area (Å²) in [7, 11) is -1.85. The molecule has 0 saturated heterocycles. The van der Waals surface area contributed by atoms with E-state index in [1.54, 1.807) is 43.0 Å². The van der Waals surface area contributed by atoms with Gasteiger partial charge < -0.3 is 5.32 Å². The molecule has 0 unspecified atom stereocenters. The fourth-order valence-electron chi connectivity index (χ4n) is 2.00. The van der Waals surface area contributed by atoms with Crippen LogP contribution in [0, 0.1) is 6.92 Å². The number of nitrogens with zero attached hydrogens (tertiary/aromatic N) is 2. The molecule has 0 bridgehead atoms. The largest absolute Gasteiger partial charge is 0.313 e. The average Bonchev–Trinajstić information content (AvgIpc) is 2.74. The minimum absolute atomic E-state index is 0.251. The Morgan fingerprint density at radius 2 is 2.10 bits per heavy atom. The molecule has 0 atom stereocenters. The summed E-state index contributed by atoms with van der Waals surface area (Å²) in [4.78, 5) is 0.251. The Kier molecular flexibility index (Phi) is 4.64. The molecule has 0 fully saturated rings. The monoisotopic (exact) mass is 308 g/mol. The zero-order chi connectivity index (χ0) is 15.5. The van der Waals surface area contributed by atoms with Crippen molar-refractivity contribution in [1.82, 2.24) is 15.1 Å². The number of nitrogens with one attached hydrogen (secondary N) is 2. The third kappa shape index (κ3) is 3.83. The standard InChI is InChI=1S/C14H20N4O2S/c1-4-15-9-12-6-5-7-13(8-12)21(19,20)17-14-10-18(3)16-11(14)2/h5-8,10,15,17H,4,9H2,1-3H3. The zero-order valence-corrected chi connectivity index (χ0v) is 13.2. The Balaban J connectivity index is 2.25. The van der Waals surface area contributed by atoms with E-state index in [1.807, 2.05) is 13.0 Å². The van der Waals surface area contributed by atoms with Crippen molar-refractivity contribution in [1.29, 1.82) is 0 Å². The van der Waals surface area contributed by atoms with Gasteiger partial charge in [-0.25, -0.2) is 8.42 Å². The smallest absolute Gasteiger partial charge is 0.262 e. The molecule has 1 aromatic carbocycles. The van der Waals surface area contributed by atoms with Crippen LogP contribution in [0.4, 0.5) is 5.69 Å². The summed E-state index contributed by atoms with van der Waals surface area (Å²) in [6.45, 7) is 5.25. The van der Waals surface area contributed by atoms with Crippen molar-refractivity contribution < 1.29 is 8.42 Å². The molecule has 0 spiro atoms. The number of rotatable bonds is 6. The molecular formula is C14H20N4O2S. The molecule has 21 heavy (non-hydrogen) atoms. The highest BCUT2D eigenvalue weighted by atomic mass is 32.2. The van der Waals surface area contributed by atoms with Crippen LogP contribution in [-0.4, -0.2) is 24.7 Å². The van der Waals surface area contributed by atoms with Gasteiger partial charge in [-0.05, 0) is 31.2 Å². The lowest BCUT2D eigenvalue weighted by Gasteiger charge is -2.09. The van der Waals surface area contributed by atoms with Gasteiger partial charge >= 0.3 is 0 Å². The summed E-state index contributed by atoms with van der Waals surface area (Å²) in [5.74, 6) is 0. The highest BCUT2D eigenvalue weighted by Gasteiger charge is 2.17. The van der Waals surface area contributed by atoms with Crippen molar-refractivity contribution in [2.45, 2.75) is 25.3 Å². The van der Waals surface area contributed by atoms with Crippen molar-refractivity contribution >= 4 is 15.7 Å². The first-order valence-electron chi connectivity index (χ1n) is 6.75. The zero-order valence-electron chi connectivity index (χ0n) is 12.4. The summed E-state index contributed by atoms with van der Waals surface area (Å²) < 4.78 is 29.0. The maximum Gasteiger partial charge on any atom is 0.262 e. The van der Waals surface area contributed by atoms with Gasteiger partial charge in [-0.2, -0.15) is 5.10 Å². The van der Waals surface area contributed by atoms with E-state index in [4.69, 9.17) is 0 Å². The van der Waals surface area contributed by atoms with Gasteiger partial charge in [-0.3, -0.25) is 9.40 Å². The lowest BCUT2D eigenvalue weighted by atomic mass is 10.2. The van der Waals surface area contributed by atoms with Crippen molar-refractivity contribution in [3.8, 4) is 0 Å². The summed E-state index contributed by atoms with van der Waals surface area (Å²) in [6, 6.07) is 6.91. The number of aryl methyl sites for hydroxylation is 2. The van der Waals surface area contributed by atoms with Gasteiger partial charge in [-0.1, -0.05) is 19.1 Å². The molecular weight excluding hydrogens is 288 g/mol. The molecule has 0 aliphatic carbocycles. The van der Waals surface area contributed by atoms with Crippen LogP contribution in [0.1, 0.15) is 18.2 Å². The minimum Gasteiger partial charge on any atom is -0.313 e. The summed E-state index contributed by atoms with van der Waals surface area (Å²) in [6.07, 6.45) is 1.65. The van der Waals surface area contributed by atoms with E-state index in [1.165, 1.54) is 0 Å². The third-order valence-electron chi connectivity index (χ3n) is 3.05. The van der Waals surface area contributed by atoms with Gasteiger partial charge in [0.2, 0.25) is 0 Å². The van der Waals surface area contributed by atoms with Crippen LogP contribution in [-0.2, 0) is 23.6 Å². The Bertz CT molecular complexity index is 722. The Hall–Kier alpha value is -1.86. The predicted molar refractivity (Wildman–Crippen MR) is 82.6 cm³/mol. The average molecular weight is 308 g/mol. The van der Waals surface area contributed by atoms with Gasteiger partial charge in [0.15, 0.2) is 0 Å². The normalized spacial score (nSPS) is 11.6. The molecule has 7 heteroatoms. The molecule has 6 nitrogen and oxygen atoms in total. The van der Waals surface area contributed by atoms with Gasteiger partial charge in [0.1, 0.15) is 0 Å². The fourth-order valence-corrected chi connectivity index (χ4v) is 3.17. The molecule has 1 aromatic heterocycles. The molecule has 0 saturated carbocycles. The van der Waals surface area contributed by atoms with E-state index < -0.39 is 10.0 Å². The Labute approximate surface area is 125 Å². The number of hydrogen-bond acceptors (Lipinski definition) is 4. The van der Waals surface area contributed by atoms with Crippen LogP contribution in [0.25, 0.3) is 0 Å². The molecule has 2 aromatic rings. The van der Waals surface area contributed by atoms with Crippen LogP contribution in [0.2, 0.25) is 0 Å². The maximum atomic E-state index is 12.4. The fraction of sp³-hybridized carbons (Fsp3) is 0.357. The molecule has 114 valence electrons. The second-order valence-corrected chi connectivity index (χ2v) is 6.52. The van der Waals surface area contributed by atoms with E-state index in [0.29, 0.717) is 17.9 Å². The number of aromatic nitrogens is 2. The molecule has 0 radical (unpaired) electrons. The topological polar surface area (TPSA) is 76.0 Å².